The van der Waals surface area contributed by atoms with Gasteiger partial charge in [-0.3, -0.25) is 49.8 Å². The number of cyclic esters (lactones) is 2. The topological polar surface area (TPSA) is 231 Å². The van der Waals surface area contributed by atoms with E-state index in [4.69, 9.17) is 5.84 Å². The molecule has 2 bridgehead atoms. The van der Waals surface area contributed by atoms with E-state index in [1.165, 1.54) is 0 Å². The van der Waals surface area contributed by atoms with Crippen molar-refractivity contribution in [2.24, 2.45) is 41.4 Å². The number of benzene rings is 3. The van der Waals surface area contributed by atoms with Gasteiger partial charge < -0.3 is 4.74 Å². The molecule has 3 aromatic carbocycles. The number of carbonyl (C=O) groups excluding carboxylic acids is 9. The van der Waals surface area contributed by atoms with Crippen LogP contribution in [0.25, 0.3) is 0 Å². The Morgan fingerprint density at radius 3 is 1.15 bits per heavy atom. The Morgan fingerprint density at radius 1 is 0.480 bits per heavy atom. The van der Waals surface area contributed by atoms with E-state index in [9.17, 15) is 82.7 Å². The summed E-state index contributed by atoms with van der Waals surface area (Å²) in [6.45, 7) is 0. The standard InChI is InChI=1S/C19H17F3N2O3.C12H7F3N2O3.C8H7F3N2O.C7H8.C4H2O3/c20-19(21,22)9-3-1-8(2-4-9)16(25)23-24-17(26)14-10-5-6-11(13-7-12(10)13)15(14)18(24)27;13-12(14,15)8-3-1-7(2-4-8)11(20)16-17-9(18)5-6-10(17)19;9-8(10,11)6-3-1-5(2-4-6)7(14)13-12;1-2-4-6-7-5-3-1;5-3-1-2-4(6)7-3/h1-4,10-15H,5-7H2,(H,23,25);1-6H,(H,16,20);1-4H,12H2,(H,13,14);1-6H,7H2;1-2H/t10?,11?,12-,13+,14+,15-;;;;. The first-order chi connectivity index (χ1) is 35.3. The van der Waals surface area contributed by atoms with Crippen molar-refractivity contribution in [2.75, 3.05) is 0 Å². The van der Waals surface area contributed by atoms with Crippen LogP contribution in [-0.2, 0) is 52.0 Å². The maximum absolute atomic E-state index is 12.8. The molecular weight excluding hydrogens is 1020 g/mol. The summed E-state index contributed by atoms with van der Waals surface area (Å²) < 4.78 is 115. The van der Waals surface area contributed by atoms with Crippen LogP contribution in [0.5, 0.6) is 0 Å². The first kappa shape index (κ1) is 55.8. The summed E-state index contributed by atoms with van der Waals surface area (Å²) in [5, 5.41) is 1.28. The number of hydrogen-bond donors (Lipinski definition) is 4. The van der Waals surface area contributed by atoms with Crippen LogP contribution in [0.2, 0.25) is 0 Å². The third kappa shape index (κ3) is 14.0. The lowest BCUT2D eigenvalue weighted by Crippen LogP contribution is -2.46. The fourth-order valence-electron chi connectivity index (χ4n) is 8.83. The highest BCUT2D eigenvalue weighted by Gasteiger charge is 2.68. The fourth-order valence-corrected chi connectivity index (χ4v) is 8.83. The fraction of sp³-hybridized carbons (Fsp3) is 0.260. The molecule has 2 unspecified atom stereocenters. The number of nitrogens with zero attached hydrogens (tertiary/aromatic N) is 2. The average molecular weight is 1060 g/mol. The Balaban J connectivity index is 0.000000167. The number of esters is 2. The molecule has 5 fully saturated rings. The lowest BCUT2D eigenvalue weighted by Gasteiger charge is -2.42. The zero-order valence-electron chi connectivity index (χ0n) is 38.5. The summed E-state index contributed by atoms with van der Waals surface area (Å²) >= 11 is 0. The number of hydrogen-bond acceptors (Lipinski definition) is 11. The number of halogens is 9. The predicted molar refractivity (Wildman–Crippen MR) is 241 cm³/mol. The van der Waals surface area contributed by atoms with Gasteiger partial charge in [0.1, 0.15) is 0 Å². The molecule has 6 atom stereocenters. The lowest BCUT2D eigenvalue weighted by atomic mass is 9.59. The number of hydrazine groups is 3. The van der Waals surface area contributed by atoms with Gasteiger partial charge in [-0.05, 0) is 122 Å². The van der Waals surface area contributed by atoms with Crippen molar-refractivity contribution in [2.45, 2.75) is 44.2 Å². The molecule has 0 radical (unpaired) electrons. The van der Waals surface area contributed by atoms with Gasteiger partial charge in [0.05, 0.1) is 28.5 Å². The van der Waals surface area contributed by atoms with Gasteiger partial charge in [-0.2, -0.15) is 49.5 Å². The first-order valence-electron chi connectivity index (χ1n) is 22.3. The number of carbonyl (C=O) groups is 9. The van der Waals surface area contributed by atoms with Gasteiger partial charge in [0.15, 0.2) is 0 Å². The van der Waals surface area contributed by atoms with Crippen molar-refractivity contribution in [3.63, 3.8) is 0 Å². The number of fused-ring (bicyclic) bond motifs is 1. The van der Waals surface area contributed by atoms with Gasteiger partial charge in [-0.15, -0.1) is 0 Å². The molecule has 394 valence electrons. The second-order valence-corrected chi connectivity index (χ2v) is 17.0. The van der Waals surface area contributed by atoms with Crippen LogP contribution in [0.3, 0.4) is 0 Å². The molecule has 0 spiro atoms. The Morgan fingerprint density at radius 2 is 0.827 bits per heavy atom. The number of amides is 7. The van der Waals surface area contributed by atoms with Gasteiger partial charge >= 0.3 is 30.5 Å². The Kier molecular flexibility index (Phi) is 17.2. The third-order valence-electron chi connectivity index (χ3n) is 12.4. The summed E-state index contributed by atoms with van der Waals surface area (Å²) in [7, 11) is 0. The van der Waals surface area contributed by atoms with E-state index in [-0.39, 0.29) is 52.2 Å². The molecule has 5 N–H and O–H groups in total. The molecule has 3 heterocycles. The van der Waals surface area contributed by atoms with Crippen molar-refractivity contribution in [1.29, 1.82) is 0 Å². The monoisotopic (exact) mass is 1060 g/mol. The van der Waals surface area contributed by atoms with E-state index in [0.29, 0.717) is 16.8 Å². The summed E-state index contributed by atoms with van der Waals surface area (Å²) in [6, 6.07) is 10.8. The van der Waals surface area contributed by atoms with Crippen LogP contribution in [0, 0.1) is 35.5 Å². The van der Waals surface area contributed by atoms with Crippen LogP contribution in [0.4, 0.5) is 39.5 Å². The van der Waals surface area contributed by atoms with Crippen molar-refractivity contribution in [3.8, 4) is 0 Å². The number of rotatable bonds is 5. The highest BCUT2D eigenvalue weighted by molar-refractivity contribution is 6.14. The molecule has 5 aliphatic carbocycles. The van der Waals surface area contributed by atoms with E-state index in [2.05, 4.69) is 34.5 Å². The van der Waals surface area contributed by atoms with E-state index in [0.717, 1.165) is 128 Å². The zero-order valence-corrected chi connectivity index (χ0v) is 38.5. The van der Waals surface area contributed by atoms with Crippen molar-refractivity contribution >= 4 is 53.3 Å². The number of nitrogens with two attached hydrogens (primary N) is 1. The number of imide groups is 2. The quantitative estimate of drug-likeness (QED) is 0.0391. The molecule has 4 saturated carbocycles. The van der Waals surface area contributed by atoms with Gasteiger partial charge in [-0.25, -0.2) is 15.4 Å². The largest absolute Gasteiger partial charge is 0.416 e. The molecule has 7 amide bonds. The second kappa shape index (κ2) is 23.2. The minimum absolute atomic E-state index is 0.0377. The molecule has 1 saturated heterocycles. The number of nitrogen functional groups attached to an aromatic ring is 1. The molecule has 25 heteroatoms. The van der Waals surface area contributed by atoms with Crippen LogP contribution < -0.4 is 22.1 Å². The number of alkyl halides is 9. The highest BCUT2D eigenvalue weighted by atomic mass is 19.4. The summed E-state index contributed by atoms with van der Waals surface area (Å²) in [6.07, 6.45) is 7.22. The van der Waals surface area contributed by atoms with Crippen molar-refractivity contribution < 1.29 is 87.4 Å². The molecule has 8 aliphatic rings. The molecule has 16 nitrogen and oxygen atoms in total. The molecule has 75 heavy (non-hydrogen) atoms. The lowest BCUT2D eigenvalue weighted by molar-refractivity contribution is -0.150. The summed E-state index contributed by atoms with van der Waals surface area (Å²) in [5.74, 6) is 0.00508. The number of allylic oxidation sites excluding steroid dienone is 6. The maximum Gasteiger partial charge on any atom is 0.416 e. The molecule has 3 aliphatic heterocycles. The van der Waals surface area contributed by atoms with Gasteiger partial charge in [-0.1, -0.05) is 36.5 Å². The van der Waals surface area contributed by atoms with E-state index in [1.807, 2.05) is 23.0 Å². The van der Waals surface area contributed by atoms with Crippen LogP contribution >= 0.6 is 0 Å². The smallest absolute Gasteiger partial charge is 0.387 e. The molecule has 11 rings (SSSR count). The van der Waals surface area contributed by atoms with E-state index in [1.54, 1.807) is 0 Å². The minimum atomic E-state index is -4.50. The van der Waals surface area contributed by atoms with Crippen LogP contribution in [0.1, 0.15) is 73.4 Å². The summed E-state index contributed by atoms with van der Waals surface area (Å²) in [5.41, 5.74) is 3.52. The molecule has 3 aromatic rings. The zero-order chi connectivity index (χ0) is 55.0. The Bertz CT molecular complexity index is 2790. The van der Waals surface area contributed by atoms with E-state index >= 15 is 0 Å². The first-order valence-corrected chi connectivity index (χ1v) is 22.3. The highest BCUT2D eigenvalue weighted by Crippen LogP contribution is 2.67. The number of ether oxygens (including phenoxy) is 1. The molecule has 0 aromatic heterocycles. The van der Waals surface area contributed by atoms with Crippen molar-refractivity contribution in [3.05, 3.63) is 167 Å². The number of nitrogens with one attached hydrogen (secondary N) is 3. The SMILES string of the molecule is C1=CC=CCC=C1.NNC(=O)c1ccc(C(F)(F)F)cc1.O=C(NN1C(=O)C=CC1=O)c1ccc(C(F)(F)F)cc1.O=C(NN1C(=O)[C@@H]2C3CCC([C@H]4C[C@@H]34)[C@@H]2C1=O)c1ccc(C(F)(F)F)cc1.O=C1C=CC(=O)O1. The molecular formula is C50H41F9N6O10. The minimum Gasteiger partial charge on any atom is -0.387 e. The van der Waals surface area contributed by atoms with Crippen LogP contribution in [0.15, 0.2) is 134 Å². The van der Waals surface area contributed by atoms with Crippen LogP contribution in [-0.4, -0.2) is 63.3 Å². The third-order valence-corrected chi connectivity index (χ3v) is 12.4. The van der Waals surface area contributed by atoms with Gasteiger partial charge in [0.25, 0.3) is 41.4 Å². The van der Waals surface area contributed by atoms with E-state index < -0.39 is 76.7 Å². The van der Waals surface area contributed by atoms with Crippen molar-refractivity contribution in [1.82, 2.24) is 26.3 Å². The second-order valence-electron chi connectivity index (χ2n) is 17.0. The summed E-state index contributed by atoms with van der Waals surface area (Å²) in [4.78, 5) is 103. The normalized spacial score (nSPS) is 22.4. The maximum atomic E-state index is 12.8. The van der Waals surface area contributed by atoms with Gasteiger partial charge in [0, 0.05) is 41.0 Å². The Labute approximate surface area is 418 Å². The van der Waals surface area contributed by atoms with Gasteiger partial charge in [0.2, 0.25) is 0 Å². The predicted octanol–water partition coefficient (Wildman–Crippen LogP) is 6.90. The average Bonchev–Trinajstić information content (AvgIpc) is 4.08. The Hall–Kier alpha value is -8.48.